The predicted molar refractivity (Wildman–Crippen MR) is 103 cm³/mol. The van der Waals surface area contributed by atoms with Crippen molar-refractivity contribution in [1.82, 2.24) is 15.0 Å². The number of nitrogens with zero attached hydrogens (tertiary/aromatic N) is 1. The zero-order chi connectivity index (χ0) is 18.6. The second-order valence-electron chi connectivity index (χ2n) is 6.40. The van der Waals surface area contributed by atoms with Gasteiger partial charge in [-0.25, -0.2) is 9.71 Å². The molecule has 0 saturated carbocycles. The smallest absolute Gasteiger partial charge is 0.257 e. The Morgan fingerprint density at radius 2 is 2.04 bits per heavy atom. The van der Waals surface area contributed by atoms with Crippen LogP contribution in [0.25, 0.3) is 0 Å². The number of fused-ring (bicyclic) bond motifs is 1. The zero-order valence-electron chi connectivity index (χ0n) is 14.9. The van der Waals surface area contributed by atoms with Gasteiger partial charge in [-0.15, -0.1) is 10.8 Å². The first-order valence-corrected chi connectivity index (χ1v) is 10.4. The van der Waals surface area contributed by atoms with Crippen LogP contribution in [-0.4, -0.2) is 39.6 Å². The monoisotopic (exact) mass is 379 g/mol. The van der Waals surface area contributed by atoms with E-state index >= 15 is 0 Å². The Bertz CT molecular complexity index is 721. The summed E-state index contributed by atoms with van der Waals surface area (Å²) in [6.07, 6.45) is 3.00. The van der Waals surface area contributed by atoms with Crippen molar-refractivity contribution in [2.75, 3.05) is 19.4 Å². The Kier molecular flexibility index (Phi) is 6.00. The highest BCUT2D eigenvalue weighted by molar-refractivity contribution is 8.22. The number of aromatic nitrogens is 1. The maximum atomic E-state index is 9.50. The van der Waals surface area contributed by atoms with Gasteiger partial charge in [0.2, 0.25) is 0 Å². The van der Waals surface area contributed by atoms with Crippen molar-refractivity contribution in [3.05, 3.63) is 53.7 Å². The average molecular weight is 379 g/mol. The maximum Gasteiger partial charge on any atom is 0.257 e. The fourth-order valence-electron chi connectivity index (χ4n) is 2.75. The van der Waals surface area contributed by atoms with Gasteiger partial charge in [0.15, 0.2) is 5.75 Å². The summed E-state index contributed by atoms with van der Waals surface area (Å²) in [5.74, 6) is 1.23. The summed E-state index contributed by atoms with van der Waals surface area (Å²) in [5.41, 5.74) is 2.14. The van der Waals surface area contributed by atoms with Crippen molar-refractivity contribution >= 4 is 10.8 Å². The molecule has 0 radical (unpaired) electrons. The first-order chi connectivity index (χ1) is 12.4. The molecule has 2 atom stereocenters. The van der Waals surface area contributed by atoms with Gasteiger partial charge in [-0.1, -0.05) is 24.3 Å². The highest BCUT2D eigenvalue weighted by Crippen LogP contribution is 2.32. The van der Waals surface area contributed by atoms with E-state index in [1.54, 1.807) is 6.20 Å². The van der Waals surface area contributed by atoms with Gasteiger partial charge in [0, 0.05) is 31.6 Å². The Balaban J connectivity index is 1.46. The minimum Gasteiger partial charge on any atom is -0.484 e. The first-order valence-electron chi connectivity index (χ1n) is 8.45. The minimum atomic E-state index is -2.72. The van der Waals surface area contributed by atoms with Gasteiger partial charge in [-0.3, -0.25) is 9.11 Å². The molecule has 8 heteroatoms. The molecular weight excluding hydrogens is 354 g/mol. The quantitative estimate of drug-likeness (QED) is 0.587. The number of nitrogens with one attached hydrogen (secondary N) is 2. The van der Waals surface area contributed by atoms with Crippen molar-refractivity contribution in [2.45, 2.75) is 25.6 Å². The van der Waals surface area contributed by atoms with Gasteiger partial charge in [0.25, 0.3) is 5.88 Å². The number of hydrogen-bond acceptors (Lipinski definition) is 7. The van der Waals surface area contributed by atoms with Gasteiger partial charge >= 0.3 is 0 Å². The van der Waals surface area contributed by atoms with Crippen molar-refractivity contribution in [1.29, 1.82) is 0 Å². The van der Waals surface area contributed by atoms with Crippen LogP contribution in [0.4, 0.5) is 0 Å². The Morgan fingerprint density at radius 1 is 1.27 bits per heavy atom. The van der Waals surface area contributed by atoms with Crippen LogP contribution in [0.3, 0.4) is 0 Å². The molecule has 0 bridgehead atoms. The molecular formula is C18H25N3O4S. The average Bonchev–Trinajstić information content (AvgIpc) is 2.61. The molecule has 2 aromatic rings. The van der Waals surface area contributed by atoms with Gasteiger partial charge in [0.05, 0.1) is 0 Å². The molecule has 1 aromatic heterocycles. The van der Waals surface area contributed by atoms with Crippen molar-refractivity contribution in [3.63, 3.8) is 0 Å². The molecule has 0 spiro atoms. The molecule has 1 unspecified atom stereocenters. The third kappa shape index (κ3) is 5.33. The SMILES string of the molecule is C[C@@H](NS(C)(O)O)c1ccc(CNCC2COc3cccnc3O2)cc1. The summed E-state index contributed by atoms with van der Waals surface area (Å²) in [5, 5.41) is 3.36. The van der Waals surface area contributed by atoms with Crippen LogP contribution in [-0.2, 0) is 6.54 Å². The summed E-state index contributed by atoms with van der Waals surface area (Å²) in [7, 11) is -2.72. The Hall–Kier alpha value is -1.84. The van der Waals surface area contributed by atoms with E-state index in [4.69, 9.17) is 9.47 Å². The molecule has 142 valence electrons. The highest BCUT2D eigenvalue weighted by atomic mass is 32.3. The van der Waals surface area contributed by atoms with E-state index < -0.39 is 10.8 Å². The standard InChI is InChI=1S/C18H25N3O4S/c1-13(21-26(2,22)23)15-7-5-14(6-8-15)10-19-11-16-12-24-17-4-3-9-20-18(17)25-16/h3-9,13,16,19,21-23H,10-12H2,1-2H3/t13-,16?/m1/s1. The molecule has 1 aromatic carbocycles. The van der Waals surface area contributed by atoms with E-state index in [9.17, 15) is 9.11 Å². The maximum absolute atomic E-state index is 9.50. The van der Waals surface area contributed by atoms with E-state index in [-0.39, 0.29) is 12.1 Å². The van der Waals surface area contributed by atoms with Gasteiger partial charge in [0.1, 0.15) is 12.7 Å². The lowest BCUT2D eigenvalue weighted by atomic mass is 10.1. The zero-order valence-corrected chi connectivity index (χ0v) is 15.7. The molecule has 0 fully saturated rings. The van der Waals surface area contributed by atoms with Crippen molar-refractivity contribution in [3.8, 4) is 11.6 Å². The molecule has 1 aliphatic heterocycles. The van der Waals surface area contributed by atoms with Crippen LogP contribution in [0.1, 0.15) is 24.1 Å². The van der Waals surface area contributed by atoms with E-state index in [0.29, 0.717) is 31.3 Å². The fraction of sp³-hybridized carbons (Fsp3) is 0.389. The Morgan fingerprint density at radius 3 is 2.77 bits per heavy atom. The predicted octanol–water partition coefficient (Wildman–Crippen LogP) is 2.96. The number of hydrogen-bond donors (Lipinski definition) is 4. The van der Waals surface area contributed by atoms with E-state index in [1.165, 1.54) is 6.26 Å². The van der Waals surface area contributed by atoms with Gasteiger partial charge in [-0.2, -0.15) is 0 Å². The van der Waals surface area contributed by atoms with E-state index in [1.807, 2.05) is 43.3 Å². The van der Waals surface area contributed by atoms with Crippen LogP contribution in [0.5, 0.6) is 11.6 Å². The van der Waals surface area contributed by atoms with Crippen LogP contribution in [0, 0.1) is 0 Å². The first kappa shape index (κ1) is 18.9. The second kappa shape index (κ2) is 8.24. The third-order valence-electron chi connectivity index (χ3n) is 4.02. The molecule has 0 amide bonds. The van der Waals surface area contributed by atoms with E-state index in [2.05, 4.69) is 15.0 Å². The number of benzene rings is 1. The van der Waals surface area contributed by atoms with Gasteiger partial charge < -0.3 is 14.8 Å². The summed E-state index contributed by atoms with van der Waals surface area (Å²) >= 11 is 0. The lowest BCUT2D eigenvalue weighted by Crippen LogP contribution is -2.38. The normalized spacial score (nSPS) is 18.4. The van der Waals surface area contributed by atoms with Crippen molar-refractivity contribution < 1.29 is 18.6 Å². The van der Waals surface area contributed by atoms with Crippen LogP contribution in [0.2, 0.25) is 0 Å². The lowest BCUT2D eigenvalue weighted by Gasteiger charge is -2.31. The highest BCUT2D eigenvalue weighted by Gasteiger charge is 2.21. The summed E-state index contributed by atoms with van der Waals surface area (Å²) < 4.78 is 33.2. The third-order valence-corrected chi connectivity index (χ3v) is 4.82. The molecule has 1 aliphatic rings. The lowest BCUT2D eigenvalue weighted by molar-refractivity contribution is 0.0843. The summed E-state index contributed by atoms with van der Waals surface area (Å²) in [6, 6.07) is 11.6. The van der Waals surface area contributed by atoms with Crippen LogP contribution < -0.4 is 19.5 Å². The molecule has 0 aliphatic carbocycles. The molecule has 7 nitrogen and oxygen atoms in total. The molecule has 26 heavy (non-hydrogen) atoms. The van der Waals surface area contributed by atoms with Crippen LogP contribution >= 0.6 is 10.8 Å². The largest absolute Gasteiger partial charge is 0.484 e. The number of rotatable bonds is 7. The second-order valence-corrected chi connectivity index (χ2v) is 8.31. The molecule has 2 heterocycles. The van der Waals surface area contributed by atoms with Crippen molar-refractivity contribution in [2.24, 2.45) is 0 Å². The molecule has 3 rings (SSSR count). The van der Waals surface area contributed by atoms with Gasteiger partial charge in [-0.05, 0) is 30.2 Å². The van der Waals surface area contributed by atoms with Crippen LogP contribution in [0.15, 0.2) is 42.6 Å². The topological polar surface area (TPSA) is 95.9 Å². The number of pyridine rings is 1. The van der Waals surface area contributed by atoms with E-state index in [0.717, 1.165) is 11.1 Å². The molecule has 0 saturated heterocycles. The number of ether oxygens (including phenoxy) is 2. The summed E-state index contributed by atoms with van der Waals surface area (Å²) in [6.45, 7) is 3.76. The summed E-state index contributed by atoms with van der Waals surface area (Å²) in [4.78, 5) is 4.17. The Labute approximate surface area is 155 Å². The minimum absolute atomic E-state index is 0.0735. The fourth-order valence-corrected chi connectivity index (χ4v) is 3.56. The molecule has 4 N–H and O–H groups in total.